The van der Waals surface area contributed by atoms with Gasteiger partial charge in [-0.1, -0.05) is 23.4 Å². The summed E-state index contributed by atoms with van der Waals surface area (Å²) in [6.07, 6.45) is 2.35. The van der Waals surface area contributed by atoms with Crippen molar-refractivity contribution in [2.45, 2.75) is 39.2 Å². The number of thiazole rings is 1. The molecule has 132 valence electrons. The number of carbonyl (C=O) groups excluding carboxylic acids is 1. The van der Waals surface area contributed by atoms with Gasteiger partial charge in [-0.2, -0.15) is 0 Å². The van der Waals surface area contributed by atoms with Gasteiger partial charge in [-0.25, -0.2) is 4.98 Å². The number of aromatic nitrogens is 1. The van der Waals surface area contributed by atoms with Crippen molar-refractivity contribution in [2.75, 3.05) is 11.5 Å². The third-order valence-corrected chi connectivity index (χ3v) is 5.01. The van der Waals surface area contributed by atoms with Gasteiger partial charge in [-0.15, -0.1) is 11.3 Å². The molecule has 2 heterocycles. The second-order valence-electron chi connectivity index (χ2n) is 6.17. The van der Waals surface area contributed by atoms with E-state index in [4.69, 9.17) is 10.6 Å². The number of nitrogens with two attached hydrogens (primary N) is 1. The average molecular weight is 358 g/mol. The van der Waals surface area contributed by atoms with Crippen LogP contribution in [0.4, 0.5) is 5.69 Å². The van der Waals surface area contributed by atoms with Crippen LogP contribution in [0.1, 0.15) is 29.6 Å². The Labute approximate surface area is 151 Å². The minimum Gasteiger partial charge on any atom is -0.384 e. The fraction of sp³-hybridized carbons (Fsp3) is 0.389. The van der Waals surface area contributed by atoms with Crippen LogP contribution in [0.2, 0.25) is 0 Å². The Hall–Kier alpha value is -2.41. The number of oxime groups is 1. The molecule has 0 saturated carbocycles. The van der Waals surface area contributed by atoms with Crippen LogP contribution < -0.4 is 10.6 Å². The van der Waals surface area contributed by atoms with Gasteiger partial charge in [0.1, 0.15) is 5.84 Å². The van der Waals surface area contributed by atoms with Gasteiger partial charge in [-0.3, -0.25) is 4.79 Å². The molecule has 1 aromatic carbocycles. The number of para-hydroxylation sites is 1. The Kier molecular flexibility index (Phi) is 5.33. The smallest absolute Gasteiger partial charge is 0.268 e. The van der Waals surface area contributed by atoms with E-state index in [1.807, 2.05) is 30.5 Å². The summed E-state index contributed by atoms with van der Waals surface area (Å²) in [6.45, 7) is 3.86. The minimum absolute atomic E-state index is 0.110. The van der Waals surface area contributed by atoms with Crippen molar-refractivity contribution in [3.63, 3.8) is 0 Å². The monoisotopic (exact) mass is 358 g/mol. The van der Waals surface area contributed by atoms with E-state index in [1.54, 1.807) is 16.2 Å². The van der Waals surface area contributed by atoms with E-state index in [9.17, 15) is 4.79 Å². The summed E-state index contributed by atoms with van der Waals surface area (Å²) in [5.74, 6) is 0.200. The zero-order chi connectivity index (χ0) is 17.8. The van der Waals surface area contributed by atoms with Crippen LogP contribution in [0.15, 0.2) is 34.8 Å². The normalized spacial score (nSPS) is 17.3. The number of anilines is 1. The SMILES string of the molecule is Cc1nc(C/C(N)=N/OCC(=O)N2c3ccccc3CC[C@@H]2C)cs1. The number of fused-ring (bicyclic) bond motifs is 1. The molecule has 1 aliphatic heterocycles. The van der Waals surface area contributed by atoms with Crippen LogP contribution in [-0.2, 0) is 22.5 Å². The zero-order valence-electron chi connectivity index (χ0n) is 14.4. The number of hydrogen-bond donors (Lipinski definition) is 1. The van der Waals surface area contributed by atoms with Crippen molar-refractivity contribution in [2.24, 2.45) is 10.9 Å². The Morgan fingerprint density at radius 3 is 3.04 bits per heavy atom. The minimum atomic E-state index is -0.129. The molecular formula is C18H22N4O2S. The number of benzene rings is 1. The lowest BCUT2D eigenvalue weighted by atomic mass is 9.96. The van der Waals surface area contributed by atoms with Gasteiger partial charge in [0.2, 0.25) is 0 Å². The number of carbonyl (C=O) groups is 1. The first-order valence-electron chi connectivity index (χ1n) is 8.30. The summed E-state index contributed by atoms with van der Waals surface area (Å²) in [7, 11) is 0. The largest absolute Gasteiger partial charge is 0.384 e. The molecule has 2 aromatic rings. The van der Waals surface area contributed by atoms with Crippen LogP contribution in [-0.4, -0.2) is 29.4 Å². The molecule has 1 atom stereocenters. The number of hydrogen-bond acceptors (Lipinski definition) is 5. The molecule has 3 rings (SSSR count). The molecule has 0 aliphatic carbocycles. The molecule has 1 amide bonds. The molecule has 2 N–H and O–H groups in total. The van der Waals surface area contributed by atoms with E-state index in [0.29, 0.717) is 12.3 Å². The lowest BCUT2D eigenvalue weighted by molar-refractivity contribution is -0.123. The predicted octanol–water partition coefficient (Wildman–Crippen LogP) is 2.65. The third-order valence-electron chi connectivity index (χ3n) is 4.19. The summed E-state index contributed by atoms with van der Waals surface area (Å²) in [6, 6.07) is 8.13. The molecule has 0 radical (unpaired) electrons. The lowest BCUT2D eigenvalue weighted by Crippen LogP contribution is -2.43. The van der Waals surface area contributed by atoms with Gasteiger partial charge >= 0.3 is 0 Å². The van der Waals surface area contributed by atoms with Crippen molar-refractivity contribution in [1.82, 2.24) is 4.98 Å². The maximum atomic E-state index is 12.6. The van der Waals surface area contributed by atoms with Crippen molar-refractivity contribution >= 4 is 28.8 Å². The second kappa shape index (κ2) is 7.65. The standard InChI is InChI=1S/C18H22N4O2S/c1-12-7-8-14-5-3-4-6-16(14)22(12)18(23)10-24-21-17(19)9-15-11-25-13(2)20-15/h3-6,11-12H,7-10H2,1-2H3,(H2,19,21)/t12-/m0/s1. The highest BCUT2D eigenvalue weighted by atomic mass is 32.1. The van der Waals surface area contributed by atoms with E-state index in [2.05, 4.69) is 23.1 Å². The fourth-order valence-electron chi connectivity index (χ4n) is 3.02. The molecule has 0 unspecified atom stereocenters. The van der Waals surface area contributed by atoms with Gasteiger partial charge in [0, 0.05) is 17.1 Å². The summed E-state index contributed by atoms with van der Waals surface area (Å²) in [4.78, 5) is 23.9. The predicted molar refractivity (Wildman–Crippen MR) is 99.8 cm³/mol. The first kappa shape index (κ1) is 17.4. The van der Waals surface area contributed by atoms with Gasteiger partial charge in [0.25, 0.3) is 5.91 Å². The van der Waals surface area contributed by atoms with Gasteiger partial charge in [0.05, 0.1) is 17.1 Å². The van der Waals surface area contributed by atoms with E-state index in [-0.39, 0.29) is 18.6 Å². The van der Waals surface area contributed by atoms with Crippen molar-refractivity contribution < 1.29 is 9.63 Å². The quantitative estimate of drug-likeness (QED) is 0.506. The van der Waals surface area contributed by atoms with Crippen LogP contribution in [0, 0.1) is 6.92 Å². The highest BCUT2D eigenvalue weighted by Crippen LogP contribution is 2.30. The van der Waals surface area contributed by atoms with Crippen LogP contribution in [0.5, 0.6) is 0 Å². The summed E-state index contributed by atoms with van der Waals surface area (Å²) in [5.41, 5.74) is 8.86. The Morgan fingerprint density at radius 2 is 2.28 bits per heavy atom. The van der Waals surface area contributed by atoms with E-state index in [1.165, 1.54) is 5.56 Å². The summed E-state index contributed by atoms with van der Waals surface area (Å²) in [5, 5.41) is 6.78. The maximum absolute atomic E-state index is 12.6. The van der Waals surface area contributed by atoms with Crippen LogP contribution in [0.3, 0.4) is 0 Å². The topological polar surface area (TPSA) is 80.8 Å². The van der Waals surface area contributed by atoms with Crippen molar-refractivity contribution in [3.05, 3.63) is 45.9 Å². The number of aryl methyl sites for hydroxylation is 2. The Balaban J connectivity index is 1.60. The highest BCUT2D eigenvalue weighted by Gasteiger charge is 2.28. The molecule has 0 saturated heterocycles. The number of amides is 1. The van der Waals surface area contributed by atoms with Gasteiger partial charge in [-0.05, 0) is 38.3 Å². The molecule has 0 bridgehead atoms. The van der Waals surface area contributed by atoms with Crippen LogP contribution in [0.25, 0.3) is 0 Å². The van der Waals surface area contributed by atoms with Gasteiger partial charge < -0.3 is 15.5 Å². The molecule has 7 heteroatoms. The molecular weight excluding hydrogens is 336 g/mol. The van der Waals surface area contributed by atoms with E-state index in [0.717, 1.165) is 29.2 Å². The Bertz CT molecular complexity index is 787. The lowest BCUT2D eigenvalue weighted by Gasteiger charge is -2.34. The molecule has 6 nitrogen and oxygen atoms in total. The van der Waals surface area contributed by atoms with Crippen LogP contribution >= 0.6 is 11.3 Å². The molecule has 1 aliphatic rings. The zero-order valence-corrected chi connectivity index (χ0v) is 15.3. The highest BCUT2D eigenvalue weighted by molar-refractivity contribution is 7.09. The third kappa shape index (κ3) is 4.17. The maximum Gasteiger partial charge on any atom is 0.268 e. The molecule has 25 heavy (non-hydrogen) atoms. The van der Waals surface area contributed by atoms with Crippen molar-refractivity contribution in [3.8, 4) is 0 Å². The summed E-state index contributed by atoms with van der Waals surface area (Å²) >= 11 is 1.56. The number of rotatable bonds is 5. The molecule has 0 fully saturated rings. The molecule has 0 spiro atoms. The van der Waals surface area contributed by atoms with Crippen molar-refractivity contribution in [1.29, 1.82) is 0 Å². The average Bonchev–Trinajstić information content (AvgIpc) is 2.99. The number of amidine groups is 1. The first-order valence-corrected chi connectivity index (χ1v) is 9.18. The first-order chi connectivity index (χ1) is 12.0. The van der Waals surface area contributed by atoms with E-state index < -0.39 is 0 Å². The fourth-order valence-corrected chi connectivity index (χ4v) is 3.63. The molecule has 1 aromatic heterocycles. The number of nitrogens with zero attached hydrogens (tertiary/aromatic N) is 3. The Morgan fingerprint density at radius 1 is 1.48 bits per heavy atom. The van der Waals surface area contributed by atoms with E-state index >= 15 is 0 Å². The second-order valence-corrected chi connectivity index (χ2v) is 7.23. The summed E-state index contributed by atoms with van der Waals surface area (Å²) < 4.78 is 0. The van der Waals surface area contributed by atoms with Gasteiger partial charge in [0.15, 0.2) is 6.61 Å².